The summed E-state index contributed by atoms with van der Waals surface area (Å²) in [5.74, 6) is 0. The Balaban J connectivity index is -0.0000140. The highest BCUT2D eigenvalue weighted by Crippen LogP contribution is 2.20. The van der Waals surface area contributed by atoms with Crippen LogP contribution in [0.3, 0.4) is 0 Å². The summed E-state index contributed by atoms with van der Waals surface area (Å²) >= 11 is 0. The lowest BCUT2D eigenvalue weighted by Crippen LogP contribution is -3.00. The summed E-state index contributed by atoms with van der Waals surface area (Å²) in [4.78, 5) is 0. The van der Waals surface area contributed by atoms with Crippen molar-refractivity contribution in [2.24, 2.45) is 0 Å². The molecule has 0 aliphatic heterocycles. The monoisotopic (exact) mass is 833 g/mol. The zero-order chi connectivity index (χ0) is 39.5. The minimum absolute atomic E-state index is 0. The summed E-state index contributed by atoms with van der Waals surface area (Å²) in [6, 6.07) is 0. The molecule has 0 radical (unpaired) electrons. The number of hydrogen-bond acceptors (Lipinski definition) is 0. The third-order valence-corrected chi connectivity index (χ3v) is 13.4. The molecule has 0 aromatic rings. The molecule has 0 heterocycles. The van der Waals surface area contributed by atoms with Gasteiger partial charge < -0.3 is 33.8 Å². The van der Waals surface area contributed by atoms with E-state index in [9.17, 15) is 0 Å². The Bertz CT molecular complexity index is 594. The van der Waals surface area contributed by atoms with Crippen molar-refractivity contribution in [3.8, 4) is 0 Å². The van der Waals surface area contributed by atoms with Crippen molar-refractivity contribution in [3.05, 3.63) is 0 Å². The number of nitrogens with zero attached hydrogens (tertiary/aromatic N) is 2. The van der Waals surface area contributed by atoms with Gasteiger partial charge in [-0.15, -0.1) is 0 Å². The highest BCUT2D eigenvalue weighted by Gasteiger charge is 2.28. The second kappa shape index (κ2) is 48.2. The molecule has 0 spiro atoms. The van der Waals surface area contributed by atoms with Crippen molar-refractivity contribution in [3.63, 3.8) is 0 Å². The van der Waals surface area contributed by atoms with E-state index in [1.165, 1.54) is 305 Å². The van der Waals surface area contributed by atoms with Crippen LogP contribution in [0.5, 0.6) is 0 Å². The molecule has 0 bridgehead atoms. The molecule has 4 heteroatoms. The molecule has 0 saturated carbocycles. The highest BCUT2D eigenvalue weighted by atomic mass is 35.5. The molecular weight excluding hydrogens is 723 g/mol. The van der Waals surface area contributed by atoms with Gasteiger partial charge in [0.05, 0.1) is 40.3 Å². The first kappa shape index (κ1) is 60.8. The smallest absolute Gasteiger partial charge is 0.128 e. The molecule has 0 saturated heterocycles. The fourth-order valence-corrected chi connectivity index (χ4v) is 9.08. The molecule has 0 amide bonds. The molecule has 0 N–H and O–H groups in total. The van der Waals surface area contributed by atoms with E-state index in [0.717, 1.165) is 0 Å². The van der Waals surface area contributed by atoms with Gasteiger partial charge in [0.2, 0.25) is 0 Å². The second-order valence-corrected chi connectivity index (χ2v) is 19.3. The van der Waals surface area contributed by atoms with Crippen LogP contribution in [0.25, 0.3) is 0 Å². The number of halogens is 2. The Morgan fingerprint density at radius 3 is 0.446 bits per heavy atom. The first-order valence-corrected chi connectivity index (χ1v) is 26.1. The number of unbranched alkanes of at least 4 members (excludes halogenated alkanes) is 36. The SMILES string of the molecule is CCCCCCCCCCCC[N+](C)(CCCCCCCCCCCC)CC[N+](C)(CCCCCCCCCCCC)CCCCCCCCCCCC.[Cl-].[Cl-]. The summed E-state index contributed by atoms with van der Waals surface area (Å²) < 4.78 is 2.69. The van der Waals surface area contributed by atoms with Gasteiger partial charge in [0.1, 0.15) is 13.1 Å². The van der Waals surface area contributed by atoms with E-state index in [4.69, 9.17) is 0 Å². The van der Waals surface area contributed by atoms with Crippen LogP contribution in [-0.4, -0.2) is 62.3 Å². The maximum absolute atomic E-state index is 2.67. The molecule has 0 unspecified atom stereocenters. The standard InChI is InChI=1S/C52H110N2.2ClH/c1-7-11-15-19-23-27-31-35-39-43-47-53(5,48-44-40-36-32-28-24-20-16-12-8-2)51-52-54(6,49-45-41-37-33-29-25-21-17-13-9-3)50-46-42-38-34-30-26-22-18-14-10-4;;/h7-52H2,1-6H3;2*1H/q+2;;/p-2. The number of likely N-dealkylation sites (N-methyl/N-ethyl adjacent to an activating group) is 2. The first-order chi connectivity index (χ1) is 26.4. The fraction of sp³-hybridized carbons (Fsp3) is 1.00. The van der Waals surface area contributed by atoms with Gasteiger partial charge in [-0.25, -0.2) is 0 Å². The van der Waals surface area contributed by atoms with Gasteiger partial charge in [-0.05, 0) is 51.4 Å². The third kappa shape index (κ3) is 44.1. The molecule has 0 fully saturated rings. The van der Waals surface area contributed by atoms with E-state index >= 15 is 0 Å². The molecule has 0 atom stereocenters. The molecule has 0 aromatic heterocycles. The molecule has 0 rings (SSSR count). The average molecular weight is 834 g/mol. The average Bonchev–Trinajstić information content (AvgIpc) is 3.17. The van der Waals surface area contributed by atoms with E-state index in [-0.39, 0.29) is 24.8 Å². The molecule has 0 aliphatic carbocycles. The Morgan fingerprint density at radius 1 is 0.179 bits per heavy atom. The van der Waals surface area contributed by atoms with Crippen LogP contribution in [0.1, 0.15) is 285 Å². The summed E-state index contributed by atoms with van der Waals surface area (Å²) in [7, 11) is 5.35. The number of hydrogen-bond donors (Lipinski definition) is 0. The topological polar surface area (TPSA) is 0 Å². The lowest BCUT2D eigenvalue weighted by molar-refractivity contribution is -0.964. The normalized spacial score (nSPS) is 11.9. The van der Waals surface area contributed by atoms with Gasteiger partial charge >= 0.3 is 0 Å². The van der Waals surface area contributed by atoms with Crippen LogP contribution in [0, 0.1) is 0 Å². The van der Waals surface area contributed by atoms with Crippen LogP contribution in [-0.2, 0) is 0 Å². The van der Waals surface area contributed by atoms with E-state index in [2.05, 4.69) is 41.8 Å². The van der Waals surface area contributed by atoms with Gasteiger partial charge in [0, 0.05) is 0 Å². The first-order valence-electron chi connectivity index (χ1n) is 26.1. The van der Waals surface area contributed by atoms with Crippen LogP contribution < -0.4 is 24.8 Å². The highest BCUT2D eigenvalue weighted by molar-refractivity contribution is 4.55. The molecule has 2 nitrogen and oxygen atoms in total. The maximum Gasteiger partial charge on any atom is 0.128 e. The maximum atomic E-state index is 2.67. The lowest BCUT2D eigenvalue weighted by Gasteiger charge is -2.40. The zero-order valence-electron chi connectivity index (χ0n) is 40.2. The number of quaternary nitrogens is 2. The van der Waals surface area contributed by atoms with Crippen molar-refractivity contribution >= 4 is 0 Å². The van der Waals surface area contributed by atoms with Crippen molar-refractivity contribution < 1.29 is 33.8 Å². The van der Waals surface area contributed by atoms with Crippen molar-refractivity contribution in [1.82, 2.24) is 0 Å². The van der Waals surface area contributed by atoms with E-state index in [1.807, 2.05) is 0 Å². The summed E-state index contributed by atoms with van der Waals surface area (Å²) in [5.41, 5.74) is 0. The van der Waals surface area contributed by atoms with Crippen LogP contribution in [0.4, 0.5) is 0 Å². The predicted octanol–water partition coefficient (Wildman–Crippen LogP) is 11.6. The predicted molar refractivity (Wildman–Crippen MR) is 249 cm³/mol. The Kier molecular flexibility index (Phi) is 52.3. The number of rotatable bonds is 47. The minimum Gasteiger partial charge on any atom is -1.00 e. The van der Waals surface area contributed by atoms with E-state index in [1.54, 1.807) is 0 Å². The van der Waals surface area contributed by atoms with Crippen LogP contribution in [0.2, 0.25) is 0 Å². The molecule has 56 heavy (non-hydrogen) atoms. The minimum atomic E-state index is 0. The largest absolute Gasteiger partial charge is 1.00 e. The van der Waals surface area contributed by atoms with Crippen LogP contribution in [0.15, 0.2) is 0 Å². The summed E-state index contributed by atoms with van der Waals surface area (Å²) in [5, 5.41) is 0. The van der Waals surface area contributed by atoms with Gasteiger partial charge in [0.15, 0.2) is 0 Å². The summed E-state index contributed by atoms with van der Waals surface area (Å²) in [6.45, 7) is 17.8. The Morgan fingerprint density at radius 2 is 0.304 bits per heavy atom. The molecule has 342 valence electrons. The van der Waals surface area contributed by atoms with Crippen molar-refractivity contribution in [2.75, 3.05) is 53.4 Å². The molecule has 0 aromatic carbocycles. The van der Waals surface area contributed by atoms with Gasteiger partial charge in [-0.1, -0.05) is 233 Å². The van der Waals surface area contributed by atoms with Gasteiger partial charge in [0.25, 0.3) is 0 Å². The fourth-order valence-electron chi connectivity index (χ4n) is 9.08. The summed E-state index contributed by atoms with van der Waals surface area (Å²) in [6.07, 6.45) is 58.1. The Hall–Kier alpha value is 0.500. The van der Waals surface area contributed by atoms with Crippen molar-refractivity contribution in [1.29, 1.82) is 0 Å². The zero-order valence-corrected chi connectivity index (χ0v) is 41.7. The molecule has 0 aliphatic rings. The van der Waals surface area contributed by atoms with E-state index < -0.39 is 0 Å². The second-order valence-electron chi connectivity index (χ2n) is 19.3. The Labute approximate surface area is 370 Å². The molecular formula is C52H110Cl2N2. The van der Waals surface area contributed by atoms with Crippen molar-refractivity contribution in [2.45, 2.75) is 285 Å². The quantitative estimate of drug-likeness (QED) is 0.0423. The van der Waals surface area contributed by atoms with Gasteiger partial charge in [-0.3, -0.25) is 0 Å². The lowest BCUT2D eigenvalue weighted by atomic mass is 10.0. The van der Waals surface area contributed by atoms with E-state index in [0.29, 0.717) is 0 Å². The van der Waals surface area contributed by atoms with Gasteiger partial charge in [-0.2, -0.15) is 0 Å². The van der Waals surface area contributed by atoms with Crippen LogP contribution >= 0.6 is 0 Å². The third-order valence-electron chi connectivity index (χ3n) is 13.4.